The van der Waals surface area contributed by atoms with E-state index >= 15 is 0 Å². The predicted octanol–water partition coefficient (Wildman–Crippen LogP) is 1.52. The maximum atomic E-state index is 11.9. The van der Waals surface area contributed by atoms with Crippen molar-refractivity contribution in [2.75, 3.05) is 0 Å². The number of benzene rings is 1. The topological polar surface area (TPSA) is 84.2 Å². The van der Waals surface area contributed by atoms with E-state index in [0.29, 0.717) is 12.1 Å². The first-order valence-corrected chi connectivity index (χ1v) is 6.62. The smallest absolute Gasteiger partial charge is 0.330 e. The van der Waals surface area contributed by atoms with Gasteiger partial charge in [0.25, 0.3) is 0 Å². The van der Waals surface area contributed by atoms with Crippen molar-refractivity contribution in [3.63, 3.8) is 0 Å². The highest BCUT2D eigenvalue weighted by atomic mass is 16.4. The minimum Gasteiger partial charge on any atom is -0.479 e. The van der Waals surface area contributed by atoms with E-state index in [1.54, 1.807) is 41.2 Å². The van der Waals surface area contributed by atoms with Crippen molar-refractivity contribution in [1.29, 1.82) is 0 Å². The van der Waals surface area contributed by atoms with Crippen LogP contribution in [0, 0.1) is 6.92 Å². The number of nitrogens with one attached hydrogen (secondary N) is 1. The molecule has 0 spiro atoms. The van der Waals surface area contributed by atoms with E-state index in [0.717, 1.165) is 5.56 Å². The zero-order valence-electron chi connectivity index (χ0n) is 11.7. The molecule has 0 aliphatic carbocycles. The average molecular weight is 287 g/mol. The van der Waals surface area contributed by atoms with Crippen LogP contribution in [0.4, 0.5) is 0 Å². The number of rotatable bonds is 6. The van der Waals surface area contributed by atoms with Crippen molar-refractivity contribution in [1.82, 2.24) is 15.1 Å². The van der Waals surface area contributed by atoms with Gasteiger partial charge >= 0.3 is 5.97 Å². The Balaban J connectivity index is 1.94. The zero-order valence-corrected chi connectivity index (χ0v) is 11.7. The molecule has 1 aromatic heterocycles. The SMILES string of the molecule is Cc1cnn(CCC(=O)N[C@H](C(=O)O)c2ccccc2)c1. The van der Waals surface area contributed by atoms with E-state index in [4.69, 9.17) is 0 Å². The number of carbonyl (C=O) groups is 2. The standard InChI is InChI=1S/C15H17N3O3/c1-11-9-16-18(10-11)8-7-13(19)17-14(15(20)21)12-5-3-2-4-6-12/h2-6,9-10,14H,7-8H2,1H3,(H,17,19)(H,20,21)/t14-/m0/s1. The number of amides is 1. The molecule has 110 valence electrons. The van der Waals surface area contributed by atoms with Crippen LogP contribution in [0.1, 0.15) is 23.6 Å². The number of hydrogen-bond donors (Lipinski definition) is 2. The molecule has 0 aliphatic rings. The van der Waals surface area contributed by atoms with Gasteiger partial charge in [0.05, 0.1) is 6.20 Å². The first-order chi connectivity index (χ1) is 10.1. The average Bonchev–Trinajstić information content (AvgIpc) is 2.89. The summed E-state index contributed by atoms with van der Waals surface area (Å²) >= 11 is 0. The molecule has 6 nitrogen and oxygen atoms in total. The molecule has 1 aromatic carbocycles. The van der Waals surface area contributed by atoms with Crippen molar-refractivity contribution in [2.45, 2.75) is 25.9 Å². The van der Waals surface area contributed by atoms with E-state index in [1.807, 2.05) is 13.1 Å². The van der Waals surface area contributed by atoms with Gasteiger partial charge < -0.3 is 10.4 Å². The fourth-order valence-electron chi connectivity index (χ4n) is 1.97. The molecule has 1 atom stereocenters. The summed E-state index contributed by atoms with van der Waals surface area (Å²) in [5.41, 5.74) is 1.57. The molecule has 1 amide bonds. The lowest BCUT2D eigenvalue weighted by molar-refractivity contribution is -0.142. The lowest BCUT2D eigenvalue weighted by atomic mass is 10.1. The molecule has 0 aliphatic heterocycles. The summed E-state index contributed by atoms with van der Waals surface area (Å²) in [7, 11) is 0. The first kappa shape index (κ1) is 14.8. The summed E-state index contributed by atoms with van der Waals surface area (Å²) in [5.74, 6) is -1.40. The Morgan fingerprint density at radius 3 is 2.62 bits per heavy atom. The van der Waals surface area contributed by atoms with E-state index in [1.165, 1.54) is 0 Å². The highest BCUT2D eigenvalue weighted by Gasteiger charge is 2.21. The summed E-state index contributed by atoms with van der Waals surface area (Å²) in [6.07, 6.45) is 3.72. The number of aryl methyl sites for hydroxylation is 2. The van der Waals surface area contributed by atoms with Crippen LogP contribution in [0.3, 0.4) is 0 Å². The van der Waals surface area contributed by atoms with E-state index in [-0.39, 0.29) is 12.3 Å². The van der Waals surface area contributed by atoms with Gasteiger partial charge in [0.1, 0.15) is 0 Å². The monoisotopic (exact) mass is 287 g/mol. The second-order valence-electron chi connectivity index (χ2n) is 4.78. The second-order valence-corrected chi connectivity index (χ2v) is 4.78. The molecule has 0 unspecified atom stereocenters. The van der Waals surface area contributed by atoms with Gasteiger partial charge in [0.2, 0.25) is 5.91 Å². The number of carboxylic acid groups (broad SMARTS) is 1. The van der Waals surface area contributed by atoms with Crippen molar-refractivity contribution in [3.05, 3.63) is 53.9 Å². The molecule has 6 heteroatoms. The molecule has 2 rings (SSSR count). The third-order valence-corrected chi connectivity index (χ3v) is 3.02. The van der Waals surface area contributed by atoms with Crippen LogP contribution in [-0.4, -0.2) is 26.8 Å². The number of hydrogen-bond acceptors (Lipinski definition) is 3. The summed E-state index contributed by atoms with van der Waals surface area (Å²) in [6, 6.07) is 7.60. The Bertz CT molecular complexity index is 622. The van der Waals surface area contributed by atoms with E-state index in [9.17, 15) is 14.7 Å². The molecule has 2 aromatic rings. The van der Waals surface area contributed by atoms with Crippen LogP contribution in [0.5, 0.6) is 0 Å². The third kappa shape index (κ3) is 4.17. The van der Waals surface area contributed by atoms with Crippen LogP contribution in [-0.2, 0) is 16.1 Å². The first-order valence-electron chi connectivity index (χ1n) is 6.62. The van der Waals surface area contributed by atoms with Gasteiger partial charge in [0.15, 0.2) is 6.04 Å². The minimum atomic E-state index is -1.08. The molecule has 21 heavy (non-hydrogen) atoms. The van der Waals surface area contributed by atoms with Gasteiger partial charge in [-0.05, 0) is 18.1 Å². The molecule has 1 heterocycles. The highest BCUT2D eigenvalue weighted by molar-refractivity contribution is 5.84. The van der Waals surface area contributed by atoms with Crippen LogP contribution < -0.4 is 5.32 Å². The molecular formula is C15H17N3O3. The van der Waals surface area contributed by atoms with E-state index < -0.39 is 12.0 Å². The number of nitrogens with zero attached hydrogens (tertiary/aromatic N) is 2. The lowest BCUT2D eigenvalue weighted by Gasteiger charge is -2.14. The van der Waals surface area contributed by atoms with Crippen LogP contribution >= 0.6 is 0 Å². The maximum absolute atomic E-state index is 11.9. The summed E-state index contributed by atoms with van der Waals surface area (Å²) in [4.78, 5) is 23.2. The second kappa shape index (κ2) is 6.69. The van der Waals surface area contributed by atoms with Gasteiger partial charge in [-0.1, -0.05) is 30.3 Å². The van der Waals surface area contributed by atoms with Crippen LogP contribution in [0.25, 0.3) is 0 Å². The third-order valence-electron chi connectivity index (χ3n) is 3.02. The van der Waals surface area contributed by atoms with Gasteiger partial charge in [-0.15, -0.1) is 0 Å². The Kier molecular flexibility index (Phi) is 4.71. The van der Waals surface area contributed by atoms with Crippen LogP contribution in [0.15, 0.2) is 42.7 Å². The van der Waals surface area contributed by atoms with Gasteiger partial charge in [0, 0.05) is 19.2 Å². The largest absolute Gasteiger partial charge is 0.479 e. The molecule has 0 bridgehead atoms. The van der Waals surface area contributed by atoms with Crippen molar-refractivity contribution < 1.29 is 14.7 Å². The van der Waals surface area contributed by atoms with Gasteiger partial charge in [-0.2, -0.15) is 5.10 Å². The number of aliphatic carboxylic acids is 1. The lowest BCUT2D eigenvalue weighted by Crippen LogP contribution is -2.34. The Hall–Kier alpha value is -2.63. The zero-order chi connectivity index (χ0) is 15.2. The number of carbonyl (C=O) groups excluding carboxylic acids is 1. The Morgan fingerprint density at radius 2 is 2.05 bits per heavy atom. The molecule has 0 saturated carbocycles. The van der Waals surface area contributed by atoms with Gasteiger partial charge in [-0.3, -0.25) is 9.48 Å². The highest BCUT2D eigenvalue weighted by Crippen LogP contribution is 2.12. The van der Waals surface area contributed by atoms with Crippen LogP contribution in [0.2, 0.25) is 0 Å². The maximum Gasteiger partial charge on any atom is 0.330 e. The van der Waals surface area contributed by atoms with E-state index in [2.05, 4.69) is 10.4 Å². The number of carboxylic acids is 1. The fraction of sp³-hybridized carbons (Fsp3) is 0.267. The van der Waals surface area contributed by atoms with Crippen molar-refractivity contribution in [3.8, 4) is 0 Å². The van der Waals surface area contributed by atoms with Crippen molar-refractivity contribution >= 4 is 11.9 Å². The normalized spacial score (nSPS) is 11.9. The van der Waals surface area contributed by atoms with Crippen molar-refractivity contribution in [2.24, 2.45) is 0 Å². The Morgan fingerprint density at radius 1 is 1.33 bits per heavy atom. The molecule has 0 fully saturated rings. The number of aromatic nitrogens is 2. The summed E-state index contributed by atoms with van der Waals surface area (Å²) < 4.78 is 1.66. The quantitative estimate of drug-likeness (QED) is 0.843. The minimum absolute atomic E-state index is 0.178. The molecule has 2 N–H and O–H groups in total. The molecular weight excluding hydrogens is 270 g/mol. The molecule has 0 saturated heterocycles. The van der Waals surface area contributed by atoms with Gasteiger partial charge in [-0.25, -0.2) is 4.79 Å². The molecule has 0 radical (unpaired) electrons. The predicted molar refractivity (Wildman–Crippen MR) is 76.5 cm³/mol. The summed E-state index contributed by atoms with van der Waals surface area (Å²) in [5, 5.41) is 15.8. The summed E-state index contributed by atoms with van der Waals surface area (Å²) in [6.45, 7) is 2.33. The fourth-order valence-corrected chi connectivity index (χ4v) is 1.97. The Labute approximate surface area is 122 Å².